The largest absolute Gasteiger partial charge is 0.393 e. The lowest BCUT2D eigenvalue weighted by Crippen LogP contribution is -2.31. The summed E-state index contributed by atoms with van der Waals surface area (Å²) in [6, 6.07) is 0. The molecule has 1 atom stereocenters. The molecular formula is C11H22N2OS. The van der Waals surface area contributed by atoms with Crippen molar-refractivity contribution >= 4 is 17.2 Å². The quantitative estimate of drug-likeness (QED) is 0.696. The molecule has 0 spiro atoms. The van der Waals surface area contributed by atoms with Crippen molar-refractivity contribution in [2.24, 2.45) is 11.1 Å². The summed E-state index contributed by atoms with van der Waals surface area (Å²) < 4.78 is 0. The van der Waals surface area contributed by atoms with Crippen LogP contribution in [0.3, 0.4) is 0 Å². The molecule has 4 heteroatoms. The van der Waals surface area contributed by atoms with E-state index in [0.717, 1.165) is 38.9 Å². The average molecular weight is 230 g/mol. The van der Waals surface area contributed by atoms with Crippen LogP contribution in [0, 0.1) is 5.41 Å². The van der Waals surface area contributed by atoms with Crippen LogP contribution in [0.1, 0.15) is 33.1 Å². The van der Waals surface area contributed by atoms with Gasteiger partial charge in [-0.25, -0.2) is 0 Å². The first-order valence-corrected chi connectivity index (χ1v) is 6.03. The third-order valence-corrected chi connectivity index (χ3v) is 3.74. The van der Waals surface area contributed by atoms with E-state index in [2.05, 4.69) is 18.7 Å². The predicted octanol–water partition coefficient (Wildman–Crippen LogP) is 1.15. The predicted molar refractivity (Wildman–Crippen MR) is 66.9 cm³/mol. The molecule has 0 aliphatic carbocycles. The van der Waals surface area contributed by atoms with Gasteiger partial charge in [0.15, 0.2) is 0 Å². The molecule has 0 saturated carbocycles. The van der Waals surface area contributed by atoms with Crippen molar-refractivity contribution in [1.82, 2.24) is 4.90 Å². The lowest BCUT2D eigenvalue weighted by molar-refractivity contribution is 0.175. The minimum Gasteiger partial charge on any atom is -0.393 e. The summed E-state index contributed by atoms with van der Waals surface area (Å²) in [6.45, 7) is 7.08. The molecule has 0 bridgehead atoms. The van der Waals surface area contributed by atoms with Gasteiger partial charge in [0, 0.05) is 18.5 Å². The fourth-order valence-corrected chi connectivity index (χ4v) is 1.99. The third-order valence-electron chi connectivity index (χ3n) is 3.19. The van der Waals surface area contributed by atoms with E-state index in [1.54, 1.807) is 0 Å². The number of β-amino-alcohol motifs (C(OH)–C–C–N with tert-alkyl or cyclic N) is 1. The topological polar surface area (TPSA) is 49.5 Å². The van der Waals surface area contributed by atoms with Crippen molar-refractivity contribution in [3.63, 3.8) is 0 Å². The van der Waals surface area contributed by atoms with Gasteiger partial charge in [0.25, 0.3) is 0 Å². The third kappa shape index (κ3) is 4.05. The molecule has 3 nitrogen and oxygen atoms in total. The van der Waals surface area contributed by atoms with Crippen molar-refractivity contribution in [3.8, 4) is 0 Å². The molecular weight excluding hydrogens is 208 g/mol. The molecule has 1 heterocycles. The highest BCUT2D eigenvalue weighted by Crippen LogP contribution is 2.23. The van der Waals surface area contributed by atoms with Gasteiger partial charge in [-0.3, -0.25) is 0 Å². The summed E-state index contributed by atoms with van der Waals surface area (Å²) in [4.78, 5) is 2.91. The Morgan fingerprint density at radius 3 is 2.73 bits per heavy atom. The molecule has 1 saturated heterocycles. The number of nitrogens with zero attached hydrogens (tertiary/aromatic N) is 1. The number of rotatable bonds is 5. The Bertz CT molecular complexity index is 231. The number of aliphatic hydroxyl groups excluding tert-OH is 1. The molecule has 15 heavy (non-hydrogen) atoms. The van der Waals surface area contributed by atoms with E-state index >= 15 is 0 Å². The summed E-state index contributed by atoms with van der Waals surface area (Å²) in [5, 5.41) is 9.36. The lowest BCUT2D eigenvalue weighted by Gasteiger charge is -2.24. The number of hydrogen-bond acceptors (Lipinski definition) is 3. The van der Waals surface area contributed by atoms with Crippen LogP contribution in [0.15, 0.2) is 0 Å². The molecule has 0 amide bonds. The fourth-order valence-electron chi connectivity index (χ4n) is 1.88. The van der Waals surface area contributed by atoms with Gasteiger partial charge in [-0.15, -0.1) is 0 Å². The van der Waals surface area contributed by atoms with Gasteiger partial charge in [-0.2, -0.15) is 0 Å². The summed E-state index contributed by atoms with van der Waals surface area (Å²) in [5.41, 5.74) is 5.63. The summed E-state index contributed by atoms with van der Waals surface area (Å²) in [7, 11) is 0. The zero-order valence-corrected chi connectivity index (χ0v) is 10.5. The van der Waals surface area contributed by atoms with Crippen LogP contribution >= 0.6 is 12.2 Å². The van der Waals surface area contributed by atoms with Crippen molar-refractivity contribution in [2.45, 2.75) is 39.2 Å². The first-order valence-electron chi connectivity index (χ1n) is 5.62. The van der Waals surface area contributed by atoms with Crippen molar-refractivity contribution < 1.29 is 5.11 Å². The van der Waals surface area contributed by atoms with E-state index in [9.17, 15) is 5.11 Å². The Kier molecular flexibility index (Phi) is 4.49. The smallest absolute Gasteiger partial charge is 0.0784 e. The van der Waals surface area contributed by atoms with Crippen LogP contribution in [0.5, 0.6) is 0 Å². The second-order valence-corrected chi connectivity index (χ2v) is 5.53. The molecule has 0 aromatic carbocycles. The molecule has 1 rings (SSSR count). The van der Waals surface area contributed by atoms with Gasteiger partial charge in [0.05, 0.1) is 11.1 Å². The summed E-state index contributed by atoms with van der Waals surface area (Å²) in [6.07, 6.45) is 2.92. The first-order chi connectivity index (χ1) is 6.92. The highest BCUT2D eigenvalue weighted by Gasteiger charge is 2.23. The second kappa shape index (κ2) is 5.23. The van der Waals surface area contributed by atoms with Gasteiger partial charge in [-0.1, -0.05) is 26.1 Å². The van der Waals surface area contributed by atoms with Gasteiger partial charge in [0.1, 0.15) is 0 Å². The molecule has 1 aliphatic heterocycles. The normalized spacial score (nSPS) is 23.3. The summed E-state index contributed by atoms with van der Waals surface area (Å²) in [5.74, 6) is 0. The van der Waals surface area contributed by atoms with E-state index in [0.29, 0.717) is 4.99 Å². The Morgan fingerprint density at radius 1 is 1.60 bits per heavy atom. The molecule has 3 N–H and O–H groups in total. The van der Waals surface area contributed by atoms with Crippen molar-refractivity contribution in [1.29, 1.82) is 0 Å². The first kappa shape index (κ1) is 12.9. The number of nitrogens with two attached hydrogens (primary N) is 1. The van der Waals surface area contributed by atoms with Crippen molar-refractivity contribution in [3.05, 3.63) is 0 Å². The molecule has 1 unspecified atom stereocenters. The van der Waals surface area contributed by atoms with E-state index in [1.807, 2.05) is 0 Å². The second-order valence-electron chi connectivity index (χ2n) is 5.09. The van der Waals surface area contributed by atoms with Gasteiger partial charge in [0.2, 0.25) is 0 Å². The van der Waals surface area contributed by atoms with Gasteiger partial charge in [-0.05, 0) is 25.8 Å². The minimum absolute atomic E-state index is 0.0341. The maximum Gasteiger partial charge on any atom is 0.0784 e. The maximum atomic E-state index is 9.36. The number of aliphatic hydroxyl groups is 1. The maximum absolute atomic E-state index is 9.36. The Balaban J connectivity index is 2.19. The van der Waals surface area contributed by atoms with Crippen LogP contribution in [0.4, 0.5) is 0 Å². The van der Waals surface area contributed by atoms with E-state index in [4.69, 9.17) is 18.0 Å². The van der Waals surface area contributed by atoms with Crippen LogP contribution < -0.4 is 5.73 Å². The van der Waals surface area contributed by atoms with Crippen LogP contribution in [0.2, 0.25) is 0 Å². The molecule has 0 aromatic rings. The molecule has 0 aromatic heterocycles. The van der Waals surface area contributed by atoms with Crippen LogP contribution in [0.25, 0.3) is 0 Å². The Hall–Kier alpha value is -0.190. The lowest BCUT2D eigenvalue weighted by atomic mass is 9.88. The molecule has 88 valence electrons. The Morgan fingerprint density at radius 2 is 2.27 bits per heavy atom. The van der Waals surface area contributed by atoms with Gasteiger partial charge >= 0.3 is 0 Å². The Labute approximate surface area is 97.6 Å². The zero-order valence-electron chi connectivity index (χ0n) is 9.70. The molecule has 1 fully saturated rings. The standard InChI is InChI=1S/C11H22N2OS/c1-11(2,10(12)15)5-3-6-13-7-4-9(14)8-13/h9,14H,3-8H2,1-2H3,(H2,12,15). The highest BCUT2D eigenvalue weighted by atomic mass is 32.1. The highest BCUT2D eigenvalue weighted by molar-refractivity contribution is 7.80. The average Bonchev–Trinajstić information content (AvgIpc) is 2.51. The molecule has 1 aliphatic rings. The van der Waals surface area contributed by atoms with E-state index in [-0.39, 0.29) is 11.5 Å². The monoisotopic (exact) mass is 230 g/mol. The SMILES string of the molecule is CC(C)(CCCN1CCC(O)C1)C(N)=S. The summed E-state index contributed by atoms with van der Waals surface area (Å²) >= 11 is 5.02. The number of likely N-dealkylation sites (tertiary alicyclic amines) is 1. The van der Waals surface area contributed by atoms with Gasteiger partial charge < -0.3 is 15.7 Å². The molecule has 0 radical (unpaired) electrons. The van der Waals surface area contributed by atoms with Crippen LogP contribution in [-0.4, -0.2) is 40.7 Å². The minimum atomic E-state index is -0.117. The van der Waals surface area contributed by atoms with Crippen molar-refractivity contribution in [2.75, 3.05) is 19.6 Å². The zero-order chi connectivity index (χ0) is 11.5. The number of thiocarbonyl (C=S) groups is 1. The van der Waals surface area contributed by atoms with Crippen LogP contribution in [-0.2, 0) is 0 Å². The van der Waals surface area contributed by atoms with E-state index in [1.165, 1.54) is 0 Å². The fraction of sp³-hybridized carbons (Fsp3) is 0.909. The van der Waals surface area contributed by atoms with E-state index < -0.39 is 0 Å². The number of hydrogen-bond donors (Lipinski definition) is 2.